The van der Waals surface area contributed by atoms with Gasteiger partial charge in [-0.05, 0) is 31.2 Å². The summed E-state index contributed by atoms with van der Waals surface area (Å²) in [4.78, 5) is 23.2. The Morgan fingerprint density at radius 1 is 1.17 bits per heavy atom. The minimum Gasteiger partial charge on any atom is -0.489 e. The number of morpholine rings is 1. The standard InChI is InChI=1S/C22H24N4O3/c1-16-5-6-17-3-2-4-19(21(17)25-16)29-12-9-23-20-8-7-18(15-24-20)22(27)26-10-13-28-14-11-26/h2-8,15H,9-14H2,1H3,(H,23,24). The minimum absolute atomic E-state index is 0.00516. The lowest BCUT2D eigenvalue weighted by atomic mass is 10.2. The Morgan fingerprint density at radius 2 is 2.03 bits per heavy atom. The van der Waals surface area contributed by atoms with Gasteiger partial charge >= 0.3 is 0 Å². The third-order valence-corrected chi connectivity index (χ3v) is 4.80. The van der Waals surface area contributed by atoms with E-state index in [1.165, 1.54) is 0 Å². The zero-order valence-electron chi connectivity index (χ0n) is 16.4. The predicted octanol–water partition coefficient (Wildman–Crippen LogP) is 2.90. The van der Waals surface area contributed by atoms with Gasteiger partial charge in [0.25, 0.3) is 5.91 Å². The van der Waals surface area contributed by atoms with Crippen LogP contribution in [0.2, 0.25) is 0 Å². The van der Waals surface area contributed by atoms with Crippen LogP contribution in [0, 0.1) is 6.92 Å². The smallest absolute Gasteiger partial charge is 0.255 e. The largest absolute Gasteiger partial charge is 0.489 e. The van der Waals surface area contributed by atoms with Gasteiger partial charge in [0.15, 0.2) is 0 Å². The van der Waals surface area contributed by atoms with E-state index in [1.54, 1.807) is 17.2 Å². The van der Waals surface area contributed by atoms with E-state index in [0.717, 1.165) is 22.3 Å². The number of amides is 1. The number of nitrogens with one attached hydrogen (secondary N) is 1. The van der Waals surface area contributed by atoms with E-state index in [2.05, 4.69) is 15.3 Å². The Labute approximate surface area is 169 Å². The molecule has 1 aromatic carbocycles. The number of para-hydroxylation sites is 1. The van der Waals surface area contributed by atoms with Crippen LogP contribution in [-0.2, 0) is 4.74 Å². The van der Waals surface area contributed by atoms with Crippen LogP contribution in [-0.4, -0.2) is 60.2 Å². The number of carbonyl (C=O) groups is 1. The number of aromatic nitrogens is 2. The van der Waals surface area contributed by atoms with E-state index < -0.39 is 0 Å². The van der Waals surface area contributed by atoms with E-state index in [0.29, 0.717) is 50.8 Å². The van der Waals surface area contributed by atoms with Gasteiger partial charge in [0.2, 0.25) is 0 Å². The van der Waals surface area contributed by atoms with Crippen molar-refractivity contribution in [2.75, 3.05) is 44.8 Å². The van der Waals surface area contributed by atoms with Crippen molar-refractivity contribution in [3.8, 4) is 5.75 Å². The SMILES string of the molecule is Cc1ccc2cccc(OCCNc3ccc(C(=O)N4CCOCC4)cn3)c2n1. The molecule has 7 heteroatoms. The van der Waals surface area contributed by atoms with Crippen molar-refractivity contribution < 1.29 is 14.3 Å². The van der Waals surface area contributed by atoms with Crippen molar-refractivity contribution in [1.29, 1.82) is 0 Å². The van der Waals surface area contributed by atoms with Crippen LogP contribution in [0.3, 0.4) is 0 Å². The summed E-state index contributed by atoms with van der Waals surface area (Å²) in [6.45, 7) is 5.46. The molecule has 1 amide bonds. The second kappa shape index (κ2) is 8.87. The lowest BCUT2D eigenvalue weighted by Crippen LogP contribution is -2.40. The molecule has 0 radical (unpaired) electrons. The Bertz CT molecular complexity index is 985. The number of anilines is 1. The van der Waals surface area contributed by atoms with Crippen molar-refractivity contribution >= 4 is 22.6 Å². The monoisotopic (exact) mass is 392 g/mol. The molecule has 150 valence electrons. The Morgan fingerprint density at radius 3 is 2.83 bits per heavy atom. The minimum atomic E-state index is -0.00516. The quantitative estimate of drug-likeness (QED) is 0.650. The molecule has 1 N–H and O–H groups in total. The molecule has 0 bridgehead atoms. The zero-order chi connectivity index (χ0) is 20.1. The summed E-state index contributed by atoms with van der Waals surface area (Å²) in [6.07, 6.45) is 1.61. The van der Waals surface area contributed by atoms with Gasteiger partial charge in [-0.25, -0.2) is 9.97 Å². The molecule has 7 nitrogen and oxygen atoms in total. The molecule has 0 atom stereocenters. The first-order chi connectivity index (χ1) is 14.2. The summed E-state index contributed by atoms with van der Waals surface area (Å²) < 4.78 is 11.2. The van der Waals surface area contributed by atoms with Gasteiger partial charge in [-0.2, -0.15) is 0 Å². The number of hydrogen-bond acceptors (Lipinski definition) is 6. The van der Waals surface area contributed by atoms with Crippen LogP contribution in [0.1, 0.15) is 16.1 Å². The Hall–Kier alpha value is -3.19. The predicted molar refractivity (Wildman–Crippen MR) is 111 cm³/mol. The van der Waals surface area contributed by atoms with E-state index in [1.807, 2.05) is 43.3 Å². The number of carbonyl (C=O) groups excluding carboxylic acids is 1. The normalized spacial score (nSPS) is 14.0. The molecule has 29 heavy (non-hydrogen) atoms. The number of fused-ring (bicyclic) bond motifs is 1. The fourth-order valence-corrected chi connectivity index (χ4v) is 3.25. The molecule has 4 rings (SSSR count). The lowest BCUT2D eigenvalue weighted by molar-refractivity contribution is 0.0302. The molecule has 1 fully saturated rings. The number of benzene rings is 1. The zero-order valence-corrected chi connectivity index (χ0v) is 16.4. The summed E-state index contributed by atoms with van der Waals surface area (Å²) in [5.74, 6) is 1.47. The van der Waals surface area contributed by atoms with E-state index in [4.69, 9.17) is 9.47 Å². The number of nitrogens with zero attached hydrogens (tertiary/aromatic N) is 3. The van der Waals surface area contributed by atoms with Crippen LogP contribution in [0.5, 0.6) is 5.75 Å². The second-order valence-electron chi connectivity index (χ2n) is 6.89. The van der Waals surface area contributed by atoms with Gasteiger partial charge in [-0.3, -0.25) is 4.79 Å². The van der Waals surface area contributed by atoms with Gasteiger partial charge in [0.1, 0.15) is 23.7 Å². The molecule has 0 aliphatic carbocycles. The molecule has 1 saturated heterocycles. The number of aryl methyl sites for hydroxylation is 1. The number of hydrogen-bond donors (Lipinski definition) is 1. The maximum Gasteiger partial charge on any atom is 0.255 e. The average Bonchev–Trinajstić information content (AvgIpc) is 2.77. The third-order valence-electron chi connectivity index (χ3n) is 4.80. The first-order valence-corrected chi connectivity index (χ1v) is 9.77. The van der Waals surface area contributed by atoms with Crippen molar-refractivity contribution in [2.45, 2.75) is 6.92 Å². The number of rotatable bonds is 6. The molecule has 0 unspecified atom stereocenters. The fourth-order valence-electron chi connectivity index (χ4n) is 3.25. The molecule has 1 aliphatic heterocycles. The highest BCUT2D eigenvalue weighted by atomic mass is 16.5. The van der Waals surface area contributed by atoms with Crippen LogP contribution in [0.25, 0.3) is 10.9 Å². The van der Waals surface area contributed by atoms with Crippen LogP contribution in [0.15, 0.2) is 48.7 Å². The summed E-state index contributed by atoms with van der Waals surface area (Å²) in [7, 11) is 0. The molecule has 0 spiro atoms. The van der Waals surface area contributed by atoms with Gasteiger partial charge in [-0.1, -0.05) is 18.2 Å². The first kappa shape index (κ1) is 19.1. The topological polar surface area (TPSA) is 76.6 Å². The number of ether oxygens (including phenoxy) is 2. The highest BCUT2D eigenvalue weighted by molar-refractivity contribution is 5.94. The maximum atomic E-state index is 12.4. The summed E-state index contributed by atoms with van der Waals surface area (Å²) in [6, 6.07) is 13.6. The molecule has 0 saturated carbocycles. The lowest BCUT2D eigenvalue weighted by Gasteiger charge is -2.26. The first-order valence-electron chi connectivity index (χ1n) is 9.77. The second-order valence-corrected chi connectivity index (χ2v) is 6.89. The summed E-state index contributed by atoms with van der Waals surface area (Å²) in [5.41, 5.74) is 2.42. The van der Waals surface area contributed by atoms with Crippen molar-refractivity contribution in [1.82, 2.24) is 14.9 Å². The Balaban J connectivity index is 1.30. The van der Waals surface area contributed by atoms with E-state index in [9.17, 15) is 4.79 Å². The molecular weight excluding hydrogens is 368 g/mol. The molecule has 1 aliphatic rings. The van der Waals surface area contributed by atoms with Gasteiger partial charge in [0.05, 0.1) is 25.3 Å². The maximum absolute atomic E-state index is 12.4. The van der Waals surface area contributed by atoms with Gasteiger partial charge in [-0.15, -0.1) is 0 Å². The van der Waals surface area contributed by atoms with Gasteiger partial charge in [0, 0.05) is 30.4 Å². The van der Waals surface area contributed by atoms with Crippen LogP contribution in [0.4, 0.5) is 5.82 Å². The molecule has 2 aromatic heterocycles. The third kappa shape index (κ3) is 4.63. The van der Waals surface area contributed by atoms with Gasteiger partial charge < -0.3 is 19.7 Å². The van der Waals surface area contributed by atoms with Crippen LogP contribution < -0.4 is 10.1 Å². The van der Waals surface area contributed by atoms with Crippen molar-refractivity contribution in [3.05, 3.63) is 59.9 Å². The highest BCUT2D eigenvalue weighted by Gasteiger charge is 2.18. The fraction of sp³-hybridized carbons (Fsp3) is 0.318. The molecule has 3 heterocycles. The highest BCUT2D eigenvalue weighted by Crippen LogP contribution is 2.23. The van der Waals surface area contributed by atoms with E-state index in [-0.39, 0.29) is 5.91 Å². The van der Waals surface area contributed by atoms with E-state index >= 15 is 0 Å². The molecular formula is C22H24N4O3. The van der Waals surface area contributed by atoms with Crippen molar-refractivity contribution in [2.24, 2.45) is 0 Å². The summed E-state index contributed by atoms with van der Waals surface area (Å²) in [5, 5.41) is 4.28. The van der Waals surface area contributed by atoms with Crippen molar-refractivity contribution in [3.63, 3.8) is 0 Å². The number of pyridine rings is 2. The average molecular weight is 392 g/mol. The molecule has 3 aromatic rings. The Kier molecular flexibility index (Phi) is 5.86. The summed E-state index contributed by atoms with van der Waals surface area (Å²) >= 11 is 0. The van der Waals surface area contributed by atoms with Crippen LogP contribution >= 0.6 is 0 Å².